The molecule has 1 amide bonds. The summed E-state index contributed by atoms with van der Waals surface area (Å²) in [7, 11) is 0. The molecular weight excluding hydrogens is 343 g/mol. The highest BCUT2D eigenvalue weighted by molar-refractivity contribution is 14.1. The monoisotopic (exact) mass is 360 g/mol. The molecule has 2 rings (SSSR count). The van der Waals surface area contributed by atoms with Crippen molar-refractivity contribution in [3.05, 3.63) is 27.3 Å². The van der Waals surface area contributed by atoms with Crippen molar-refractivity contribution in [2.75, 3.05) is 19.6 Å². The van der Waals surface area contributed by atoms with Crippen LogP contribution in [0, 0.1) is 9.49 Å². The standard InChI is InChI=1S/C13H17IN2O2/c14-10-1-2-12(17)11(7-10)13(18)16-6-4-9-3-5-15-8-9/h1-2,7,9,15,17H,3-6,8H2,(H,16,18). The molecule has 5 heteroatoms. The van der Waals surface area contributed by atoms with Crippen molar-refractivity contribution in [3.63, 3.8) is 0 Å². The Labute approximate surface area is 120 Å². The quantitative estimate of drug-likeness (QED) is 0.717. The van der Waals surface area contributed by atoms with Crippen LogP contribution in [0.5, 0.6) is 5.75 Å². The maximum atomic E-state index is 11.9. The number of halogens is 1. The van der Waals surface area contributed by atoms with E-state index in [2.05, 4.69) is 33.2 Å². The molecule has 0 radical (unpaired) electrons. The lowest BCUT2D eigenvalue weighted by atomic mass is 10.1. The third kappa shape index (κ3) is 3.58. The van der Waals surface area contributed by atoms with Gasteiger partial charge in [-0.15, -0.1) is 0 Å². The summed E-state index contributed by atoms with van der Waals surface area (Å²) in [5.41, 5.74) is 0.353. The Bertz CT molecular complexity index is 431. The van der Waals surface area contributed by atoms with Gasteiger partial charge in [-0.3, -0.25) is 4.79 Å². The predicted molar refractivity (Wildman–Crippen MR) is 78.8 cm³/mol. The number of aromatic hydroxyl groups is 1. The molecule has 1 heterocycles. The summed E-state index contributed by atoms with van der Waals surface area (Å²) in [4.78, 5) is 11.9. The first-order valence-electron chi connectivity index (χ1n) is 6.14. The molecule has 3 N–H and O–H groups in total. The van der Waals surface area contributed by atoms with Crippen molar-refractivity contribution in [1.29, 1.82) is 0 Å². The van der Waals surface area contributed by atoms with Gasteiger partial charge in [-0.1, -0.05) is 0 Å². The number of nitrogens with one attached hydrogen (secondary N) is 2. The van der Waals surface area contributed by atoms with Crippen LogP contribution in [0.3, 0.4) is 0 Å². The van der Waals surface area contributed by atoms with E-state index in [4.69, 9.17) is 0 Å². The van der Waals surface area contributed by atoms with Crippen LogP contribution in [0.4, 0.5) is 0 Å². The Balaban J connectivity index is 1.85. The summed E-state index contributed by atoms with van der Waals surface area (Å²) in [5, 5.41) is 15.8. The number of phenols is 1. The molecule has 1 atom stereocenters. The lowest BCUT2D eigenvalue weighted by Crippen LogP contribution is -2.26. The predicted octanol–water partition coefficient (Wildman–Crippen LogP) is 1.73. The van der Waals surface area contributed by atoms with E-state index in [0.717, 1.165) is 23.1 Å². The minimum atomic E-state index is -0.197. The summed E-state index contributed by atoms with van der Waals surface area (Å²) in [5.74, 6) is 0.502. The highest BCUT2D eigenvalue weighted by Gasteiger charge is 2.15. The fraction of sp³-hybridized carbons (Fsp3) is 0.462. The van der Waals surface area contributed by atoms with Crippen LogP contribution in [0.25, 0.3) is 0 Å². The fourth-order valence-electron chi connectivity index (χ4n) is 2.14. The fourth-order valence-corrected chi connectivity index (χ4v) is 2.63. The van der Waals surface area contributed by atoms with Gasteiger partial charge in [-0.05, 0) is 72.6 Å². The summed E-state index contributed by atoms with van der Waals surface area (Å²) in [6.07, 6.45) is 2.17. The van der Waals surface area contributed by atoms with Crippen LogP contribution in [0.1, 0.15) is 23.2 Å². The van der Waals surface area contributed by atoms with E-state index in [1.54, 1.807) is 18.2 Å². The highest BCUT2D eigenvalue weighted by atomic mass is 127. The van der Waals surface area contributed by atoms with E-state index in [-0.39, 0.29) is 11.7 Å². The van der Waals surface area contributed by atoms with Gasteiger partial charge in [0, 0.05) is 10.1 Å². The maximum absolute atomic E-state index is 11.9. The Morgan fingerprint density at radius 3 is 3.11 bits per heavy atom. The molecule has 1 saturated heterocycles. The summed E-state index contributed by atoms with van der Waals surface area (Å²) >= 11 is 2.12. The molecule has 98 valence electrons. The Hall–Kier alpha value is -0.820. The number of amides is 1. The first-order chi connectivity index (χ1) is 8.66. The molecule has 1 unspecified atom stereocenters. The van der Waals surface area contributed by atoms with Gasteiger partial charge in [0.05, 0.1) is 5.56 Å². The topological polar surface area (TPSA) is 61.4 Å². The molecule has 1 fully saturated rings. The lowest BCUT2D eigenvalue weighted by Gasteiger charge is -2.10. The molecule has 0 bridgehead atoms. The average molecular weight is 360 g/mol. The third-order valence-corrected chi connectivity index (χ3v) is 3.87. The summed E-state index contributed by atoms with van der Waals surface area (Å²) in [6.45, 7) is 2.79. The zero-order chi connectivity index (χ0) is 13.0. The first-order valence-corrected chi connectivity index (χ1v) is 7.22. The molecule has 1 aromatic rings. The zero-order valence-electron chi connectivity index (χ0n) is 10.1. The van der Waals surface area contributed by atoms with Gasteiger partial charge in [0.15, 0.2) is 0 Å². The Morgan fingerprint density at radius 1 is 1.56 bits per heavy atom. The number of rotatable bonds is 4. The van der Waals surface area contributed by atoms with Crippen LogP contribution in [0.2, 0.25) is 0 Å². The number of hydrogen-bond acceptors (Lipinski definition) is 3. The summed E-state index contributed by atoms with van der Waals surface area (Å²) < 4.78 is 0.940. The second kappa shape index (κ2) is 6.38. The molecule has 1 aromatic carbocycles. The van der Waals surface area contributed by atoms with Gasteiger partial charge in [0.2, 0.25) is 0 Å². The van der Waals surface area contributed by atoms with Crippen LogP contribution in [0.15, 0.2) is 18.2 Å². The molecule has 18 heavy (non-hydrogen) atoms. The van der Waals surface area contributed by atoms with Crippen LogP contribution in [-0.2, 0) is 0 Å². The van der Waals surface area contributed by atoms with Crippen molar-refractivity contribution in [3.8, 4) is 5.75 Å². The molecule has 0 aromatic heterocycles. The number of hydrogen-bond donors (Lipinski definition) is 3. The number of phenolic OH excluding ortho intramolecular Hbond substituents is 1. The molecule has 0 saturated carbocycles. The van der Waals surface area contributed by atoms with Crippen molar-refractivity contribution in [2.45, 2.75) is 12.8 Å². The maximum Gasteiger partial charge on any atom is 0.255 e. The third-order valence-electron chi connectivity index (χ3n) is 3.20. The van der Waals surface area contributed by atoms with E-state index in [1.165, 1.54) is 6.42 Å². The second-order valence-electron chi connectivity index (χ2n) is 4.56. The SMILES string of the molecule is O=C(NCCC1CCNC1)c1cc(I)ccc1O. The molecule has 4 nitrogen and oxygen atoms in total. The minimum Gasteiger partial charge on any atom is -0.507 e. The van der Waals surface area contributed by atoms with E-state index in [1.807, 2.05) is 0 Å². The number of benzene rings is 1. The number of carbonyl (C=O) groups excluding carboxylic acids is 1. The van der Waals surface area contributed by atoms with Gasteiger partial charge < -0.3 is 15.7 Å². The first kappa shape index (κ1) is 13.6. The average Bonchev–Trinajstić information content (AvgIpc) is 2.85. The minimum absolute atomic E-state index is 0.0375. The van der Waals surface area contributed by atoms with E-state index in [9.17, 15) is 9.90 Å². The summed E-state index contributed by atoms with van der Waals surface area (Å²) in [6, 6.07) is 5.02. The molecule has 0 spiro atoms. The smallest absolute Gasteiger partial charge is 0.255 e. The zero-order valence-corrected chi connectivity index (χ0v) is 12.2. The van der Waals surface area contributed by atoms with Crippen molar-refractivity contribution in [1.82, 2.24) is 10.6 Å². The van der Waals surface area contributed by atoms with Crippen molar-refractivity contribution < 1.29 is 9.90 Å². The van der Waals surface area contributed by atoms with Crippen molar-refractivity contribution in [2.24, 2.45) is 5.92 Å². The molecule has 0 aliphatic carbocycles. The molecular formula is C13H17IN2O2. The Morgan fingerprint density at radius 2 is 2.39 bits per heavy atom. The highest BCUT2D eigenvalue weighted by Crippen LogP contribution is 2.19. The van der Waals surface area contributed by atoms with E-state index in [0.29, 0.717) is 18.0 Å². The van der Waals surface area contributed by atoms with Gasteiger partial charge in [0.1, 0.15) is 5.75 Å². The van der Waals surface area contributed by atoms with Crippen LogP contribution < -0.4 is 10.6 Å². The normalized spacial score (nSPS) is 18.8. The van der Waals surface area contributed by atoms with Crippen LogP contribution >= 0.6 is 22.6 Å². The second-order valence-corrected chi connectivity index (χ2v) is 5.81. The molecule has 1 aliphatic rings. The largest absolute Gasteiger partial charge is 0.507 e. The van der Waals surface area contributed by atoms with Gasteiger partial charge in [-0.2, -0.15) is 0 Å². The number of carbonyl (C=O) groups is 1. The van der Waals surface area contributed by atoms with Gasteiger partial charge in [0.25, 0.3) is 5.91 Å². The van der Waals surface area contributed by atoms with Gasteiger partial charge in [-0.25, -0.2) is 0 Å². The molecule has 1 aliphatic heterocycles. The van der Waals surface area contributed by atoms with Crippen molar-refractivity contribution >= 4 is 28.5 Å². The Kier molecular flexibility index (Phi) is 4.82. The van der Waals surface area contributed by atoms with E-state index >= 15 is 0 Å². The van der Waals surface area contributed by atoms with Crippen LogP contribution in [-0.4, -0.2) is 30.6 Å². The lowest BCUT2D eigenvalue weighted by molar-refractivity contribution is 0.0949. The van der Waals surface area contributed by atoms with Gasteiger partial charge >= 0.3 is 0 Å². The van der Waals surface area contributed by atoms with E-state index < -0.39 is 0 Å².